The Morgan fingerprint density at radius 2 is 2.57 bits per heavy atom. The number of H-pyrrole nitrogens is 1. The molecule has 0 aromatic carbocycles. The Hall–Kier alpha value is -1.80. The predicted octanol–water partition coefficient (Wildman–Crippen LogP) is 1.95. The number of hydrogen-bond donors (Lipinski definition) is 2. The summed E-state index contributed by atoms with van der Waals surface area (Å²) in [5.74, 6) is 0.679. The van der Waals surface area contributed by atoms with Crippen molar-refractivity contribution in [2.75, 3.05) is 5.32 Å². The molecule has 0 radical (unpaired) electrons. The van der Waals surface area contributed by atoms with E-state index in [0.29, 0.717) is 17.9 Å². The van der Waals surface area contributed by atoms with Crippen molar-refractivity contribution in [3.05, 3.63) is 34.2 Å². The van der Waals surface area contributed by atoms with Gasteiger partial charge in [0.2, 0.25) is 0 Å². The molecule has 0 unspecified atom stereocenters. The minimum Gasteiger partial charge on any atom is -0.365 e. The van der Waals surface area contributed by atoms with Gasteiger partial charge in [0.25, 0.3) is 0 Å². The largest absolute Gasteiger partial charge is 0.365 e. The van der Waals surface area contributed by atoms with E-state index in [1.807, 2.05) is 11.4 Å². The molecule has 2 aromatic heterocycles. The van der Waals surface area contributed by atoms with E-state index in [1.54, 1.807) is 11.3 Å². The van der Waals surface area contributed by atoms with Crippen molar-refractivity contribution in [2.45, 2.75) is 6.54 Å². The molecule has 0 bridgehead atoms. The summed E-state index contributed by atoms with van der Waals surface area (Å²) in [5.41, 5.74) is 1.74. The van der Waals surface area contributed by atoms with Gasteiger partial charge >= 0.3 is 0 Å². The van der Waals surface area contributed by atoms with Gasteiger partial charge in [0.1, 0.15) is 17.5 Å². The summed E-state index contributed by atoms with van der Waals surface area (Å²) in [4.78, 5) is 0. The van der Waals surface area contributed by atoms with Crippen molar-refractivity contribution in [2.24, 2.45) is 0 Å². The Morgan fingerprint density at radius 3 is 3.29 bits per heavy atom. The quantitative estimate of drug-likeness (QED) is 0.803. The van der Waals surface area contributed by atoms with Crippen LogP contribution in [0.1, 0.15) is 11.1 Å². The molecule has 2 heterocycles. The van der Waals surface area contributed by atoms with Gasteiger partial charge in [0.05, 0.1) is 6.20 Å². The molecule has 70 valence electrons. The molecule has 0 aliphatic heterocycles. The molecule has 0 aliphatic carbocycles. The molecule has 0 aliphatic rings. The van der Waals surface area contributed by atoms with Crippen LogP contribution in [0.4, 0.5) is 5.82 Å². The lowest BCUT2D eigenvalue weighted by Gasteiger charge is -2.00. The predicted molar refractivity (Wildman–Crippen MR) is 54.9 cm³/mol. The standard InChI is InChI=1S/C9H8N4S/c10-3-8-5-12-13-9(8)11-4-7-1-2-14-6-7/h1-2,5-6H,4H2,(H2,11,12,13). The number of aromatic amines is 1. The highest BCUT2D eigenvalue weighted by Crippen LogP contribution is 2.12. The van der Waals surface area contributed by atoms with E-state index in [9.17, 15) is 0 Å². The summed E-state index contributed by atoms with van der Waals surface area (Å²) >= 11 is 1.66. The third-order valence-electron chi connectivity index (χ3n) is 1.81. The zero-order valence-corrected chi connectivity index (χ0v) is 8.14. The molecule has 2 rings (SSSR count). The van der Waals surface area contributed by atoms with Crippen LogP contribution >= 0.6 is 11.3 Å². The van der Waals surface area contributed by atoms with Crippen LogP contribution < -0.4 is 5.32 Å². The monoisotopic (exact) mass is 204 g/mol. The molecule has 0 atom stereocenters. The van der Waals surface area contributed by atoms with Crippen molar-refractivity contribution < 1.29 is 0 Å². The highest BCUT2D eigenvalue weighted by atomic mass is 32.1. The summed E-state index contributed by atoms with van der Waals surface area (Å²) < 4.78 is 0. The number of thiophene rings is 1. The maximum atomic E-state index is 8.72. The summed E-state index contributed by atoms with van der Waals surface area (Å²) in [6, 6.07) is 4.09. The molecule has 2 aromatic rings. The van der Waals surface area contributed by atoms with Crippen LogP contribution in [-0.2, 0) is 6.54 Å². The van der Waals surface area contributed by atoms with Crippen molar-refractivity contribution in [3.8, 4) is 6.07 Å². The van der Waals surface area contributed by atoms with Gasteiger partial charge in [0, 0.05) is 6.54 Å². The van der Waals surface area contributed by atoms with Crippen LogP contribution in [0.15, 0.2) is 23.0 Å². The first-order valence-electron chi connectivity index (χ1n) is 4.08. The first-order chi connectivity index (χ1) is 6.90. The molecule has 0 saturated carbocycles. The first-order valence-corrected chi connectivity index (χ1v) is 5.03. The van der Waals surface area contributed by atoms with Gasteiger partial charge in [-0.25, -0.2) is 0 Å². The molecule has 0 fully saturated rings. The molecular weight excluding hydrogens is 196 g/mol. The van der Waals surface area contributed by atoms with E-state index in [1.165, 1.54) is 11.8 Å². The lowest BCUT2D eigenvalue weighted by molar-refractivity contribution is 1.05. The van der Waals surface area contributed by atoms with E-state index in [0.717, 1.165) is 0 Å². The SMILES string of the molecule is N#Cc1cn[nH]c1NCc1ccsc1. The third kappa shape index (κ3) is 1.75. The van der Waals surface area contributed by atoms with Crippen LogP contribution in [0.25, 0.3) is 0 Å². The number of nitrogens with one attached hydrogen (secondary N) is 2. The number of nitrogens with zero attached hydrogens (tertiary/aromatic N) is 2. The Kier molecular flexibility index (Phi) is 2.47. The number of hydrogen-bond acceptors (Lipinski definition) is 4. The summed E-state index contributed by atoms with van der Waals surface area (Å²) in [6.07, 6.45) is 1.51. The Labute approximate surface area is 85.2 Å². The van der Waals surface area contributed by atoms with E-state index < -0.39 is 0 Å². The molecule has 2 N–H and O–H groups in total. The number of aromatic nitrogens is 2. The van der Waals surface area contributed by atoms with Crippen LogP contribution in [0, 0.1) is 11.3 Å². The van der Waals surface area contributed by atoms with Gasteiger partial charge in [-0.1, -0.05) is 0 Å². The highest BCUT2D eigenvalue weighted by Gasteiger charge is 2.02. The van der Waals surface area contributed by atoms with Gasteiger partial charge in [-0.05, 0) is 22.4 Å². The van der Waals surface area contributed by atoms with Gasteiger partial charge in [-0.15, -0.1) is 0 Å². The average Bonchev–Trinajstić information content (AvgIpc) is 2.85. The minimum atomic E-state index is 0.542. The average molecular weight is 204 g/mol. The van der Waals surface area contributed by atoms with Crippen molar-refractivity contribution in [3.63, 3.8) is 0 Å². The number of anilines is 1. The molecule has 0 amide bonds. The van der Waals surface area contributed by atoms with E-state index in [-0.39, 0.29) is 0 Å². The van der Waals surface area contributed by atoms with Crippen LogP contribution in [-0.4, -0.2) is 10.2 Å². The zero-order chi connectivity index (χ0) is 9.80. The maximum absolute atomic E-state index is 8.72. The maximum Gasteiger partial charge on any atom is 0.139 e. The number of nitriles is 1. The van der Waals surface area contributed by atoms with E-state index in [4.69, 9.17) is 5.26 Å². The van der Waals surface area contributed by atoms with Crippen molar-refractivity contribution in [1.29, 1.82) is 5.26 Å². The highest BCUT2D eigenvalue weighted by molar-refractivity contribution is 7.07. The molecule has 14 heavy (non-hydrogen) atoms. The fourth-order valence-corrected chi connectivity index (χ4v) is 1.76. The van der Waals surface area contributed by atoms with Crippen LogP contribution in [0.2, 0.25) is 0 Å². The normalized spacial score (nSPS) is 9.64. The van der Waals surface area contributed by atoms with Gasteiger partial charge < -0.3 is 5.32 Å². The first kappa shape index (κ1) is 8.78. The van der Waals surface area contributed by atoms with Crippen LogP contribution in [0.3, 0.4) is 0 Å². The van der Waals surface area contributed by atoms with Gasteiger partial charge in [-0.3, -0.25) is 5.10 Å². The van der Waals surface area contributed by atoms with Crippen LogP contribution in [0.5, 0.6) is 0 Å². The fraction of sp³-hybridized carbons (Fsp3) is 0.111. The molecule has 4 nitrogen and oxygen atoms in total. The molecule has 0 spiro atoms. The topological polar surface area (TPSA) is 64.5 Å². The zero-order valence-electron chi connectivity index (χ0n) is 7.32. The van der Waals surface area contributed by atoms with Crippen molar-refractivity contribution >= 4 is 17.2 Å². The Bertz CT molecular complexity index is 438. The van der Waals surface area contributed by atoms with E-state index >= 15 is 0 Å². The lowest BCUT2D eigenvalue weighted by atomic mass is 10.3. The molecule has 5 heteroatoms. The second-order valence-electron chi connectivity index (χ2n) is 2.76. The molecule has 0 saturated heterocycles. The summed E-state index contributed by atoms with van der Waals surface area (Å²) in [7, 11) is 0. The summed E-state index contributed by atoms with van der Waals surface area (Å²) in [6.45, 7) is 0.709. The Morgan fingerprint density at radius 1 is 1.64 bits per heavy atom. The van der Waals surface area contributed by atoms with E-state index in [2.05, 4.69) is 27.0 Å². The van der Waals surface area contributed by atoms with Gasteiger partial charge in [-0.2, -0.15) is 21.7 Å². The van der Waals surface area contributed by atoms with Crippen molar-refractivity contribution in [1.82, 2.24) is 10.2 Å². The minimum absolute atomic E-state index is 0.542. The lowest BCUT2D eigenvalue weighted by Crippen LogP contribution is -1.99. The fourth-order valence-electron chi connectivity index (χ4n) is 1.09. The third-order valence-corrected chi connectivity index (χ3v) is 2.54. The second-order valence-corrected chi connectivity index (χ2v) is 3.54. The number of rotatable bonds is 3. The molecular formula is C9H8N4S. The summed E-state index contributed by atoms with van der Waals surface area (Å²) in [5, 5.41) is 22.4. The Balaban J connectivity index is 2.02. The second kappa shape index (κ2) is 3.94. The smallest absolute Gasteiger partial charge is 0.139 e. The van der Waals surface area contributed by atoms with Gasteiger partial charge in [0.15, 0.2) is 0 Å².